The van der Waals surface area contributed by atoms with Crippen molar-refractivity contribution in [3.8, 4) is 11.8 Å². The first-order chi connectivity index (χ1) is 10.1. The van der Waals surface area contributed by atoms with Crippen molar-refractivity contribution in [2.24, 2.45) is 0 Å². The average molecular weight is 298 g/mol. The van der Waals surface area contributed by atoms with Crippen LogP contribution in [0.5, 0.6) is 11.8 Å². The maximum atomic E-state index is 12.3. The van der Waals surface area contributed by atoms with Crippen LogP contribution in [0.4, 0.5) is 14.7 Å². The van der Waals surface area contributed by atoms with Crippen molar-refractivity contribution in [2.75, 3.05) is 11.9 Å². The molecule has 1 aromatic carbocycles. The molecule has 0 unspecified atom stereocenters. The Morgan fingerprint density at radius 3 is 2.90 bits per heavy atom. The zero-order valence-electron chi connectivity index (χ0n) is 11.0. The van der Waals surface area contributed by atoms with Crippen molar-refractivity contribution in [2.45, 2.75) is 13.5 Å². The van der Waals surface area contributed by atoms with E-state index in [1.807, 2.05) is 0 Å². The lowest BCUT2D eigenvalue weighted by Crippen LogP contribution is -2.15. The lowest BCUT2D eigenvalue weighted by Gasteiger charge is -2.09. The monoisotopic (exact) mass is 298 g/mol. The van der Waals surface area contributed by atoms with Crippen LogP contribution in [0, 0.1) is 0 Å². The maximum absolute atomic E-state index is 12.3. The first-order valence-corrected chi connectivity index (χ1v) is 6.00. The molecule has 112 valence electrons. The number of H-pyrrole nitrogens is 1. The van der Waals surface area contributed by atoms with Crippen LogP contribution in [0.3, 0.4) is 0 Å². The smallest absolute Gasteiger partial charge is 0.387 e. The summed E-state index contributed by atoms with van der Waals surface area (Å²) < 4.78 is 33.9. The molecule has 0 aliphatic heterocycles. The van der Waals surface area contributed by atoms with E-state index >= 15 is 0 Å². The van der Waals surface area contributed by atoms with Gasteiger partial charge < -0.3 is 9.47 Å². The third-order valence-corrected chi connectivity index (χ3v) is 2.32. The van der Waals surface area contributed by atoms with E-state index in [9.17, 15) is 13.6 Å². The van der Waals surface area contributed by atoms with Crippen LogP contribution in [0.25, 0.3) is 0 Å². The van der Waals surface area contributed by atoms with Crippen LogP contribution in [-0.2, 0) is 0 Å². The van der Waals surface area contributed by atoms with Crippen LogP contribution in [0.15, 0.2) is 24.3 Å². The number of benzene rings is 1. The molecule has 0 spiro atoms. The zero-order valence-corrected chi connectivity index (χ0v) is 11.0. The van der Waals surface area contributed by atoms with Gasteiger partial charge in [0.05, 0.1) is 12.2 Å². The summed E-state index contributed by atoms with van der Waals surface area (Å²) in [6, 6.07) is 5.71. The number of para-hydroxylation sites is 1. The van der Waals surface area contributed by atoms with Crippen LogP contribution in [0.2, 0.25) is 0 Å². The van der Waals surface area contributed by atoms with Gasteiger partial charge in [0, 0.05) is 0 Å². The Balaban J connectivity index is 2.12. The van der Waals surface area contributed by atoms with Gasteiger partial charge in [-0.1, -0.05) is 12.1 Å². The molecule has 0 aliphatic rings. The average Bonchev–Trinajstić information content (AvgIpc) is 2.86. The fraction of sp³-hybridized carbons (Fsp3) is 0.250. The van der Waals surface area contributed by atoms with E-state index in [1.165, 1.54) is 24.3 Å². The van der Waals surface area contributed by atoms with E-state index in [0.717, 1.165) is 0 Å². The number of anilines is 1. The van der Waals surface area contributed by atoms with Gasteiger partial charge in [-0.2, -0.15) is 13.8 Å². The van der Waals surface area contributed by atoms with E-state index in [0.29, 0.717) is 6.61 Å². The molecule has 21 heavy (non-hydrogen) atoms. The number of halogens is 2. The molecule has 2 aromatic rings. The van der Waals surface area contributed by atoms with Gasteiger partial charge in [0.15, 0.2) is 0 Å². The number of alkyl halides is 2. The summed E-state index contributed by atoms with van der Waals surface area (Å²) in [4.78, 5) is 15.9. The number of nitrogens with one attached hydrogen (secondary N) is 2. The molecule has 1 amide bonds. The van der Waals surface area contributed by atoms with E-state index in [-0.39, 0.29) is 23.3 Å². The topological polar surface area (TPSA) is 89.1 Å². The molecule has 0 saturated heterocycles. The fourth-order valence-electron chi connectivity index (χ4n) is 1.52. The highest BCUT2D eigenvalue weighted by Gasteiger charge is 2.16. The highest BCUT2D eigenvalue weighted by atomic mass is 19.3. The molecule has 1 heterocycles. The van der Waals surface area contributed by atoms with E-state index in [2.05, 4.69) is 25.2 Å². The van der Waals surface area contributed by atoms with Gasteiger partial charge in [0.1, 0.15) is 5.75 Å². The molecule has 7 nitrogen and oxygen atoms in total. The SMILES string of the molecule is CCOc1n[nH]c(NC(=O)c2ccccc2OC(F)F)n1. The van der Waals surface area contributed by atoms with E-state index in [4.69, 9.17) is 4.74 Å². The molecule has 0 atom stereocenters. The number of carbonyl (C=O) groups excluding carboxylic acids is 1. The summed E-state index contributed by atoms with van der Waals surface area (Å²) in [5.74, 6) is -0.852. The molecule has 0 radical (unpaired) electrons. The number of hydrogen-bond donors (Lipinski definition) is 2. The Morgan fingerprint density at radius 1 is 1.43 bits per heavy atom. The quantitative estimate of drug-likeness (QED) is 0.852. The lowest BCUT2D eigenvalue weighted by atomic mass is 10.2. The number of ether oxygens (including phenoxy) is 2. The number of nitrogens with zero attached hydrogens (tertiary/aromatic N) is 2. The molecule has 9 heteroatoms. The summed E-state index contributed by atoms with van der Waals surface area (Å²) in [5, 5.41) is 8.52. The highest BCUT2D eigenvalue weighted by Crippen LogP contribution is 2.21. The third-order valence-electron chi connectivity index (χ3n) is 2.32. The third kappa shape index (κ3) is 3.88. The van der Waals surface area contributed by atoms with Crippen molar-refractivity contribution < 1.29 is 23.0 Å². The number of aromatic amines is 1. The second-order valence-corrected chi connectivity index (χ2v) is 3.73. The summed E-state index contributed by atoms with van der Waals surface area (Å²) in [7, 11) is 0. The normalized spacial score (nSPS) is 10.5. The van der Waals surface area contributed by atoms with Crippen LogP contribution in [-0.4, -0.2) is 34.3 Å². The zero-order chi connectivity index (χ0) is 15.2. The second kappa shape index (κ2) is 6.64. The summed E-state index contributed by atoms with van der Waals surface area (Å²) in [6.45, 7) is -0.892. The molecule has 1 aromatic heterocycles. The number of rotatable bonds is 6. The molecule has 0 bridgehead atoms. The minimum atomic E-state index is -3.02. The Hall–Kier alpha value is -2.71. The number of carbonyl (C=O) groups is 1. The van der Waals surface area contributed by atoms with Gasteiger partial charge in [0.25, 0.3) is 5.91 Å². The van der Waals surface area contributed by atoms with Crippen molar-refractivity contribution in [3.63, 3.8) is 0 Å². The molecule has 0 aliphatic carbocycles. The molecule has 0 saturated carbocycles. The standard InChI is InChI=1S/C12H12F2N4O3/c1-2-20-12-16-11(17-18-12)15-9(19)7-5-3-4-6-8(7)21-10(13)14/h3-6,10H,2H2,1H3,(H2,15,16,17,18,19). The minimum absolute atomic E-state index is 0.0373. The van der Waals surface area contributed by atoms with Gasteiger partial charge in [-0.05, 0) is 19.1 Å². The van der Waals surface area contributed by atoms with E-state index < -0.39 is 12.5 Å². The second-order valence-electron chi connectivity index (χ2n) is 3.73. The Labute approximate surface area is 118 Å². The largest absolute Gasteiger partial charge is 0.463 e. The van der Waals surface area contributed by atoms with Gasteiger partial charge >= 0.3 is 12.6 Å². The molecular weight excluding hydrogens is 286 g/mol. The van der Waals surface area contributed by atoms with Gasteiger partial charge in [0.2, 0.25) is 5.95 Å². The summed E-state index contributed by atoms with van der Waals surface area (Å²) >= 11 is 0. The highest BCUT2D eigenvalue weighted by molar-refractivity contribution is 6.05. The Kier molecular flexibility index (Phi) is 4.64. The predicted octanol–water partition coefficient (Wildman–Crippen LogP) is 2.06. The first-order valence-electron chi connectivity index (χ1n) is 6.00. The molecule has 0 fully saturated rings. The predicted molar refractivity (Wildman–Crippen MR) is 68.6 cm³/mol. The minimum Gasteiger partial charge on any atom is -0.463 e. The number of aromatic nitrogens is 3. The Bertz CT molecular complexity index is 618. The fourth-order valence-corrected chi connectivity index (χ4v) is 1.52. The summed E-state index contributed by atoms with van der Waals surface area (Å²) in [5.41, 5.74) is -0.0489. The van der Waals surface area contributed by atoms with Crippen molar-refractivity contribution in [3.05, 3.63) is 29.8 Å². The maximum Gasteiger partial charge on any atom is 0.387 e. The van der Waals surface area contributed by atoms with Gasteiger partial charge in [-0.25, -0.2) is 5.10 Å². The van der Waals surface area contributed by atoms with Crippen molar-refractivity contribution in [1.82, 2.24) is 15.2 Å². The van der Waals surface area contributed by atoms with Crippen LogP contribution in [0.1, 0.15) is 17.3 Å². The van der Waals surface area contributed by atoms with Crippen LogP contribution < -0.4 is 14.8 Å². The lowest BCUT2D eigenvalue weighted by molar-refractivity contribution is -0.0501. The number of amides is 1. The first kappa shape index (κ1) is 14.7. The number of hydrogen-bond acceptors (Lipinski definition) is 5. The van der Waals surface area contributed by atoms with Gasteiger partial charge in [-0.3, -0.25) is 10.1 Å². The van der Waals surface area contributed by atoms with Crippen molar-refractivity contribution in [1.29, 1.82) is 0 Å². The molecular formula is C12H12F2N4O3. The summed E-state index contributed by atoms with van der Waals surface area (Å²) in [6.07, 6.45) is 0. The molecule has 2 N–H and O–H groups in total. The Morgan fingerprint density at radius 2 is 2.19 bits per heavy atom. The van der Waals surface area contributed by atoms with Crippen LogP contribution >= 0.6 is 0 Å². The molecule has 2 rings (SSSR count). The van der Waals surface area contributed by atoms with E-state index in [1.54, 1.807) is 6.92 Å². The van der Waals surface area contributed by atoms with Crippen molar-refractivity contribution >= 4 is 11.9 Å². The van der Waals surface area contributed by atoms with Gasteiger partial charge in [-0.15, -0.1) is 5.10 Å².